The molecule has 0 atom stereocenters. The van der Waals surface area contributed by atoms with Crippen LogP contribution in [-0.2, 0) is 4.79 Å². The first-order valence-electron chi connectivity index (χ1n) is 17.4. The monoisotopic (exact) mass is 687 g/mol. The van der Waals surface area contributed by atoms with Crippen molar-refractivity contribution in [1.82, 2.24) is 15.0 Å². The summed E-state index contributed by atoms with van der Waals surface area (Å²) in [6.45, 7) is 0. The van der Waals surface area contributed by atoms with Crippen molar-refractivity contribution in [2.45, 2.75) is 0 Å². The second kappa shape index (κ2) is 13.2. The standard InChI is InChI=1S/C46H33N5O2/c1-47-40-22-20-37(26-41(40)51(2)28-52)30-14-18-33(19-15-30)46-49-44(31-8-4-3-5-9-31)48-45(50-46)32-16-12-29(13-17-32)36-21-23-42-38(25-36)39-24-34-10-6-7-11-35(34)27-43(39)53-42/h3-28,47H,1-2H3. The number of nitrogens with zero attached hydrogens (tertiary/aromatic N) is 4. The normalized spacial score (nSPS) is 11.3. The van der Waals surface area contributed by atoms with E-state index >= 15 is 0 Å². The third-order valence-electron chi connectivity index (χ3n) is 9.76. The Bertz CT molecular complexity index is 2790. The Morgan fingerprint density at radius 3 is 1.60 bits per heavy atom. The summed E-state index contributed by atoms with van der Waals surface area (Å²) in [6.07, 6.45) is 0.808. The fraction of sp³-hybridized carbons (Fsp3) is 0.0435. The van der Waals surface area contributed by atoms with Crippen LogP contribution in [0.1, 0.15) is 0 Å². The van der Waals surface area contributed by atoms with Gasteiger partial charge in [-0.05, 0) is 69.4 Å². The molecule has 53 heavy (non-hydrogen) atoms. The number of carbonyl (C=O) groups excluding carboxylic acids is 1. The number of amides is 1. The van der Waals surface area contributed by atoms with Crippen LogP contribution in [0.25, 0.3) is 89.1 Å². The number of hydrogen-bond donors (Lipinski definition) is 1. The van der Waals surface area contributed by atoms with Gasteiger partial charge in [0.1, 0.15) is 11.2 Å². The molecular formula is C46H33N5O2. The zero-order valence-electron chi connectivity index (χ0n) is 29.1. The molecule has 7 aromatic carbocycles. The molecule has 9 aromatic rings. The number of benzene rings is 7. The van der Waals surface area contributed by atoms with Gasteiger partial charge in [-0.3, -0.25) is 4.79 Å². The van der Waals surface area contributed by atoms with Crippen molar-refractivity contribution in [2.24, 2.45) is 0 Å². The van der Waals surface area contributed by atoms with Crippen molar-refractivity contribution in [3.63, 3.8) is 0 Å². The Hall–Kier alpha value is -7.12. The van der Waals surface area contributed by atoms with Crippen LogP contribution in [0.4, 0.5) is 11.4 Å². The number of hydrogen-bond acceptors (Lipinski definition) is 6. The summed E-state index contributed by atoms with van der Waals surface area (Å²) in [4.78, 5) is 27.9. The Balaban J connectivity index is 1.06. The predicted octanol–water partition coefficient (Wildman–Crippen LogP) is 10.9. The van der Waals surface area contributed by atoms with Crippen LogP contribution in [0.3, 0.4) is 0 Å². The van der Waals surface area contributed by atoms with E-state index in [0.29, 0.717) is 17.5 Å². The molecule has 0 bridgehead atoms. The van der Waals surface area contributed by atoms with Crippen molar-refractivity contribution < 1.29 is 9.21 Å². The lowest BCUT2D eigenvalue weighted by Crippen LogP contribution is -2.15. The minimum atomic E-state index is 0.584. The lowest BCUT2D eigenvalue weighted by atomic mass is 10.0. The van der Waals surface area contributed by atoms with Gasteiger partial charge in [0.25, 0.3) is 0 Å². The number of anilines is 2. The second-order valence-corrected chi connectivity index (χ2v) is 13.0. The summed E-state index contributed by atoms with van der Waals surface area (Å²) < 4.78 is 6.24. The maximum atomic E-state index is 11.5. The van der Waals surface area contributed by atoms with E-state index in [2.05, 4.69) is 96.3 Å². The molecule has 0 saturated heterocycles. The molecule has 2 aromatic heterocycles. The van der Waals surface area contributed by atoms with E-state index < -0.39 is 0 Å². The number of fused-ring (bicyclic) bond motifs is 4. The van der Waals surface area contributed by atoms with Crippen LogP contribution < -0.4 is 10.2 Å². The highest BCUT2D eigenvalue weighted by molar-refractivity contribution is 6.11. The van der Waals surface area contributed by atoms with Crippen molar-refractivity contribution in [1.29, 1.82) is 0 Å². The second-order valence-electron chi connectivity index (χ2n) is 13.0. The van der Waals surface area contributed by atoms with E-state index in [9.17, 15) is 4.79 Å². The van der Waals surface area contributed by atoms with Gasteiger partial charge in [-0.25, -0.2) is 15.0 Å². The Morgan fingerprint density at radius 1 is 0.509 bits per heavy atom. The summed E-state index contributed by atoms with van der Waals surface area (Å²) in [6, 6.07) is 51.6. The average Bonchev–Trinajstić information content (AvgIpc) is 3.59. The highest BCUT2D eigenvalue weighted by Gasteiger charge is 2.15. The van der Waals surface area contributed by atoms with Gasteiger partial charge in [-0.15, -0.1) is 0 Å². The molecule has 0 aliphatic heterocycles. The molecule has 7 heteroatoms. The number of carbonyl (C=O) groups is 1. The summed E-state index contributed by atoms with van der Waals surface area (Å²) in [5.74, 6) is 1.78. The van der Waals surface area contributed by atoms with Gasteiger partial charge in [-0.2, -0.15) is 0 Å². The van der Waals surface area contributed by atoms with E-state index in [1.165, 1.54) is 5.39 Å². The third-order valence-corrected chi connectivity index (χ3v) is 9.76. The quantitative estimate of drug-likeness (QED) is 0.160. The maximum Gasteiger partial charge on any atom is 0.213 e. The summed E-state index contributed by atoms with van der Waals surface area (Å²) in [5, 5.41) is 7.72. The molecule has 0 saturated carbocycles. The lowest BCUT2D eigenvalue weighted by molar-refractivity contribution is -0.107. The first kappa shape index (κ1) is 31.8. The highest BCUT2D eigenvalue weighted by atomic mass is 16.3. The summed E-state index contributed by atoms with van der Waals surface area (Å²) >= 11 is 0. The maximum absolute atomic E-state index is 11.5. The van der Waals surface area contributed by atoms with Crippen LogP contribution in [0.2, 0.25) is 0 Å². The van der Waals surface area contributed by atoms with E-state index in [-0.39, 0.29) is 0 Å². The van der Waals surface area contributed by atoms with Gasteiger partial charge in [0.15, 0.2) is 17.5 Å². The molecule has 0 radical (unpaired) electrons. The molecule has 0 aliphatic rings. The number of nitrogens with one attached hydrogen (secondary N) is 1. The van der Waals surface area contributed by atoms with Crippen LogP contribution >= 0.6 is 0 Å². The molecule has 0 fully saturated rings. The largest absolute Gasteiger partial charge is 0.456 e. The fourth-order valence-corrected chi connectivity index (χ4v) is 6.89. The van der Waals surface area contributed by atoms with Crippen molar-refractivity contribution in [2.75, 3.05) is 24.3 Å². The zero-order chi connectivity index (χ0) is 35.9. The van der Waals surface area contributed by atoms with E-state index in [0.717, 1.165) is 84.1 Å². The first-order chi connectivity index (χ1) is 26.0. The minimum absolute atomic E-state index is 0.584. The molecule has 1 N–H and O–H groups in total. The van der Waals surface area contributed by atoms with Gasteiger partial charge < -0.3 is 14.6 Å². The topological polar surface area (TPSA) is 84.2 Å². The molecule has 1 amide bonds. The first-order valence-corrected chi connectivity index (χ1v) is 17.4. The smallest absolute Gasteiger partial charge is 0.213 e. The molecule has 0 aliphatic carbocycles. The van der Waals surface area contributed by atoms with Crippen LogP contribution in [-0.4, -0.2) is 35.5 Å². The molecule has 0 unspecified atom stereocenters. The molecule has 9 rings (SSSR count). The minimum Gasteiger partial charge on any atom is -0.456 e. The van der Waals surface area contributed by atoms with E-state index in [4.69, 9.17) is 19.4 Å². The Kier molecular flexibility index (Phi) is 7.93. The third kappa shape index (κ3) is 5.94. The van der Waals surface area contributed by atoms with E-state index in [1.807, 2.05) is 67.7 Å². The molecular weight excluding hydrogens is 655 g/mol. The van der Waals surface area contributed by atoms with Gasteiger partial charge in [-0.1, -0.05) is 115 Å². The molecule has 254 valence electrons. The van der Waals surface area contributed by atoms with Gasteiger partial charge in [0, 0.05) is 41.6 Å². The lowest BCUT2D eigenvalue weighted by Gasteiger charge is -2.17. The van der Waals surface area contributed by atoms with Gasteiger partial charge in [0.2, 0.25) is 6.41 Å². The van der Waals surface area contributed by atoms with Crippen LogP contribution in [0.15, 0.2) is 156 Å². The molecule has 7 nitrogen and oxygen atoms in total. The number of aromatic nitrogens is 3. The van der Waals surface area contributed by atoms with Crippen molar-refractivity contribution in [3.8, 4) is 56.4 Å². The van der Waals surface area contributed by atoms with E-state index in [1.54, 1.807) is 11.9 Å². The average molecular weight is 688 g/mol. The van der Waals surface area contributed by atoms with Crippen LogP contribution in [0, 0.1) is 0 Å². The number of furan rings is 1. The Morgan fingerprint density at radius 2 is 1.00 bits per heavy atom. The van der Waals surface area contributed by atoms with Crippen molar-refractivity contribution >= 4 is 50.5 Å². The molecule has 0 spiro atoms. The van der Waals surface area contributed by atoms with Gasteiger partial charge in [0.05, 0.1) is 11.4 Å². The number of rotatable bonds is 8. The SMILES string of the molecule is CNc1ccc(-c2ccc(-c3nc(-c4ccccc4)nc(-c4ccc(-c5ccc6oc7cc8ccccc8cc7c6c5)cc4)n3)cc2)cc1N(C)C=O. The summed E-state index contributed by atoms with van der Waals surface area (Å²) in [7, 11) is 3.59. The Labute approximate surface area is 306 Å². The van der Waals surface area contributed by atoms with Gasteiger partial charge >= 0.3 is 0 Å². The zero-order valence-corrected chi connectivity index (χ0v) is 29.1. The molecule has 2 heterocycles. The fourth-order valence-electron chi connectivity index (χ4n) is 6.89. The predicted molar refractivity (Wildman–Crippen MR) is 216 cm³/mol. The van der Waals surface area contributed by atoms with Crippen molar-refractivity contribution in [3.05, 3.63) is 152 Å². The van der Waals surface area contributed by atoms with Crippen LogP contribution in [0.5, 0.6) is 0 Å². The summed E-state index contributed by atoms with van der Waals surface area (Å²) in [5.41, 5.74) is 10.3. The highest BCUT2D eigenvalue weighted by Crippen LogP contribution is 2.36.